The lowest BCUT2D eigenvalue weighted by Crippen LogP contribution is -2.17. The number of benzene rings is 1. The largest absolute Gasteiger partial charge is 0.465 e. The molecule has 1 atom stereocenters. The summed E-state index contributed by atoms with van der Waals surface area (Å²) in [6.45, 7) is 0.857. The van der Waals surface area contributed by atoms with E-state index in [1.807, 2.05) is 6.07 Å². The molecule has 0 amide bonds. The molecule has 102 valence electrons. The maximum Gasteiger partial charge on any atom is 0.340 e. The van der Waals surface area contributed by atoms with Crippen LogP contribution in [0.3, 0.4) is 0 Å². The number of allylic oxidation sites excluding steroid dienone is 2. The fourth-order valence-corrected chi connectivity index (χ4v) is 2.42. The molecule has 0 fully saturated rings. The lowest BCUT2D eigenvalue weighted by molar-refractivity contribution is 0.0602. The van der Waals surface area contributed by atoms with Gasteiger partial charge in [-0.3, -0.25) is 0 Å². The normalized spacial score (nSPS) is 18.1. The van der Waals surface area contributed by atoms with Gasteiger partial charge in [0.2, 0.25) is 0 Å². The van der Waals surface area contributed by atoms with Crippen LogP contribution in [0.5, 0.6) is 0 Å². The molecule has 1 aliphatic carbocycles. The molecule has 1 aromatic carbocycles. The molecule has 2 rings (SSSR count). The lowest BCUT2D eigenvalue weighted by atomic mass is 9.94. The average Bonchev–Trinajstić information content (AvgIpc) is 2.46. The molecular weight excluding hydrogens is 262 g/mol. The molecule has 3 nitrogen and oxygen atoms in total. The van der Waals surface area contributed by atoms with Crippen molar-refractivity contribution < 1.29 is 9.53 Å². The molecule has 0 aromatic heterocycles. The molecule has 0 spiro atoms. The molecule has 1 aromatic rings. The number of nitrogens with one attached hydrogen (secondary N) is 1. The van der Waals surface area contributed by atoms with Gasteiger partial charge in [0.15, 0.2) is 0 Å². The van der Waals surface area contributed by atoms with Crippen LogP contribution in [-0.2, 0) is 4.74 Å². The average molecular weight is 280 g/mol. The number of carbonyl (C=O) groups excluding carboxylic acids is 1. The van der Waals surface area contributed by atoms with Crippen LogP contribution >= 0.6 is 11.6 Å². The van der Waals surface area contributed by atoms with Crippen molar-refractivity contribution in [2.45, 2.75) is 19.3 Å². The van der Waals surface area contributed by atoms with Gasteiger partial charge in [0.1, 0.15) is 0 Å². The van der Waals surface area contributed by atoms with Gasteiger partial charge in [0, 0.05) is 17.3 Å². The van der Waals surface area contributed by atoms with Crippen molar-refractivity contribution in [3.63, 3.8) is 0 Å². The molecular formula is C15H18ClNO2. The first-order valence-electron chi connectivity index (χ1n) is 6.47. The number of hydrogen-bond donors (Lipinski definition) is 1. The minimum atomic E-state index is -0.367. The van der Waals surface area contributed by atoms with E-state index in [2.05, 4.69) is 17.5 Å². The standard InChI is InChI=1S/C15H18ClNO2/c1-19-15(18)13-9-12(16)7-8-14(13)17-10-11-5-3-2-4-6-11/h2-3,7-9,11,17H,4-6,10H2,1H3. The van der Waals surface area contributed by atoms with E-state index < -0.39 is 0 Å². The minimum absolute atomic E-state index is 0.367. The Morgan fingerprint density at radius 2 is 2.32 bits per heavy atom. The zero-order chi connectivity index (χ0) is 13.7. The molecule has 0 bridgehead atoms. The van der Waals surface area contributed by atoms with E-state index >= 15 is 0 Å². The van der Waals surface area contributed by atoms with Gasteiger partial charge in [-0.05, 0) is 43.4 Å². The van der Waals surface area contributed by atoms with E-state index in [4.69, 9.17) is 16.3 Å². The number of ether oxygens (including phenoxy) is 1. The van der Waals surface area contributed by atoms with E-state index in [0.717, 1.165) is 25.1 Å². The van der Waals surface area contributed by atoms with Crippen LogP contribution in [0.25, 0.3) is 0 Å². The third kappa shape index (κ3) is 3.74. The number of halogens is 1. The first-order chi connectivity index (χ1) is 9.20. The molecule has 0 radical (unpaired) electrons. The Hall–Kier alpha value is -1.48. The van der Waals surface area contributed by atoms with Crippen LogP contribution in [0.15, 0.2) is 30.4 Å². The maximum absolute atomic E-state index is 11.7. The zero-order valence-electron chi connectivity index (χ0n) is 11.0. The summed E-state index contributed by atoms with van der Waals surface area (Å²) >= 11 is 5.92. The fraction of sp³-hybridized carbons (Fsp3) is 0.400. The first-order valence-corrected chi connectivity index (χ1v) is 6.85. The summed E-state index contributed by atoms with van der Waals surface area (Å²) < 4.78 is 4.77. The van der Waals surface area contributed by atoms with E-state index in [-0.39, 0.29) is 5.97 Å². The van der Waals surface area contributed by atoms with Crippen molar-refractivity contribution in [2.24, 2.45) is 5.92 Å². The van der Waals surface area contributed by atoms with Gasteiger partial charge in [0.25, 0.3) is 0 Å². The van der Waals surface area contributed by atoms with E-state index in [9.17, 15) is 4.79 Å². The smallest absolute Gasteiger partial charge is 0.340 e. The molecule has 4 heteroatoms. The highest BCUT2D eigenvalue weighted by Crippen LogP contribution is 2.24. The monoisotopic (exact) mass is 279 g/mol. The van der Waals surface area contributed by atoms with Crippen molar-refractivity contribution in [3.05, 3.63) is 40.9 Å². The molecule has 0 aliphatic heterocycles. The van der Waals surface area contributed by atoms with Gasteiger partial charge in [-0.15, -0.1) is 0 Å². The van der Waals surface area contributed by atoms with Crippen molar-refractivity contribution in [2.75, 3.05) is 19.0 Å². The van der Waals surface area contributed by atoms with Gasteiger partial charge in [-0.2, -0.15) is 0 Å². The number of anilines is 1. The molecule has 0 saturated carbocycles. The third-order valence-electron chi connectivity index (χ3n) is 3.35. The summed E-state index contributed by atoms with van der Waals surface area (Å²) in [7, 11) is 1.37. The van der Waals surface area contributed by atoms with Crippen LogP contribution in [0.1, 0.15) is 29.6 Å². The Morgan fingerprint density at radius 1 is 1.47 bits per heavy atom. The highest BCUT2D eigenvalue weighted by molar-refractivity contribution is 6.31. The Balaban J connectivity index is 2.06. The minimum Gasteiger partial charge on any atom is -0.465 e. The van der Waals surface area contributed by atoms with Gasteiger partial charge in [0.05, 0.1) is 12.7 Å². The molecule has 0 saturated heterocycles. The predicted molar refractivity (Wildman–Crippen MR) is 77.8 cm³/mol. The van der Waals surface area contributed by atoms with Crippen molar-refractivity contribution in [3.8, 4) is 0 Å². The van der Waals surface area contributed by atoms with Gasteiger partial charge < -0.3 is 10.1 Å². The lowest BCUT2D eigenvalue weighted by Gasteiger charge is -2.19. The Kier molecular flexibility index (Phi) is 4.86. The molecule has 0 heterocycles. The Labute approximate surface area is 118 Å². The maximum atomic E-state index is 11.7. The number of rotatable bonds is 4. The molecule has 1 aliphatic rings. The number of esters is 1. The molecule has 1 N–H and O–H groups in total. The third-order valence-corrected chi connectivity index (χ3v) is 3.58. The Morgan fingerprint density at radius 3 is 3.00 bits per heavy atom. The topological polar surface area (TPSA) is 38.3 Å². The number of methoxy groups -OCH3 is 1. The van der Waals surface area contributed by atoms with Crippen LogP contribution in [0, 0.1) is 5.92 Å². The predicted octanol–water partition coefficient (Wildman–Crippen LogP) is 3.89. The first kappa shape index (κ1) is 13.9. The second kappa shape index (κ2) is 6.62. The van der Waals surface area contributed by atoms with Crippen molar-refractivity contribution in [1.29, 1.82) is 0 Å². The second-order valence-electron chi connectivity index (χ2n) is 4.71. The van der Waals surface area contributed by atoms with Crippen LogP contribution in [0.4, 0.5) is 5.69 Å². The number of hydrogen-bond acceptors (Lipinski definition) is 3. The quantitative estimate of drug-likeness (QED) is 0.671. The van der Waals surface area contributed by atoms with Crippen molar-refractivity contribution in [1.82, 2.24) is 0 Å². The van der Waals surface area contributed by atoms with Gasteiger partial charge in [-0.25, -0.2) is 4.79 Å². The summed E-state index contributed by atoms with van der Waals surface area (Å²) in [5.41, 5.74) is 1.27. The van der Waals surface area contributed by atoms with Crippen LogP contribution in [-0.4, -0.2) is 19.6 Å². The highest BCUT2D eigenvalue weighted by atomic mass is 35.5. The summed E-state index contributed by atoms with van der Waals surface area (Å²) in [4.78, 5) is 11.7. The van der Waals surface area contributed by atoms with E-state index in [1.165, 1.54) is 13.5 Å². The Bertz CT molecular complexity index is 485. The van der Waals surface area contributed by atoms with E-state index in [0.29, 0.717) is 16.5 Å². The van der Waals surface area contributed by atoms with Gasteiger partial charge >= 0.3 is 5.97 Å². The molecule has 19 heavy (non-hydrogen) atoms. The highest BCUT2D eigenvalue weighted by Gasteiger charge is 2.14. The summed E-state index contributed by atoms with van der Waals surface area (Å²) in [5.74, 6) is 0.250. The van der Waals surface area contributed by atoms with Crippen molar-refractivity contribution >= 4 is 23.3 Å². The van der Waals surface area contributed by atoms with Crippen LogP contribution in [0.2, 0.25) is 5.02 Å². The molecule has 1 unspecified atom stereocenters. The second-order valence-corrected chi connectivity index (χ2v) is 5.15. The van der Waals surface area contributed by atoms with E-state index in [1.54, 1.807) is 12.1 Å². The fourth-order valence-electron chi connectivity index (χ4n) is 2.25. The summed E-state index contributed by atoms with van der Waals surface area (Å²) in [6.07, 6.45) is 7.85. The SMILES string of the molecule is COC(=O)c1cc(Cl)ccc1NCC1CC=CCC1. The van der Waals surface area contributed by atoms with Gasteiger partial charge in [-0.1, -0.05) is 23.8 Å². The summed E-state index contributed by atoms with van der Waals surface area (Å²) in [5, 5.41) is 3.87. The zero-order valence-corrected chi connectivity index (χ0v) is 11.7. The summed E-state index contributed by atoms with van der Waals surface area (Å²) in [6, 6.07) is 5.24. The number of carbonyl (C=O) groups is 1. The van der Waals surface area contributed by atoms with Crippen LogP contribution < -0.4 is 5.32 Å².